The molecule has 1 aliphatic rings. The molecule has 1 aromatic carbocycles. The maximum absolute atomic E-state index is 14.2. The Morgan fingerprint density at radius 2 is 2.10 bits per heavy atom. The molecule has 1 aliphatic heterocycles. The molecule has 0 N–H and O–H groups in total. The summed E-state index contributed by atoms with van der Waals surface area (Å²) in [5, 5.41) is 0. The molecule has 0 radical (unpaired) electrons. The summed E-state index contributed by atoms with van der Waals surface area (Å²) in [5.74, 6) is -1.02. The van der Waals surface area contributed by atoms with Gasteiger partial charge in [0.1, 0.15) is 5.56 Å². The Morgan fingerprint density at radius 1 is 1.34 bits per heavy atom. The minimum Gasteiger partial charge on any atom is -0.436 e. The quantitative estimate of drug-likeness (QED) is 0.414. The molecule has 29 heavy (non-hydrogen) atoms. The number of benzene rings is 1. The van der Waals surface area contributed by atoms with Crippen LogP contribution in [0.2, 0.25) is 0 Å². The Labute approximate surface area is 177 Å². The van der Waals surface area contributed by atoms with Crippen LogP contribution in [0.5, 0.6) is 5.88 Å². The van der Waals surface area contributed by atoms with Crippen LogP contribution in [0.25, 0.3) is 0 Å². The molecule has 7 heteroatoms. The fourth-order valence-corrected chi connectivity index (χ4v) is 3.12. The van der Waals surface area contributed by atoms with Crippen molar-refractivity contribution < 1.29 is 18.7 Å². The van der Waals surface area contributed by atoms with E-state index >= 15 is 0 Å². The molecule has 3 rings (SSSR count). The molecule has 0 unspecified atom stereocenters. The van der Waals surface area contributed by atoms with Crippen LogP contribution >= 0.6 is 15.9 Å². The van der Waals surface area contributed by atoms with E-state index in [0.29, 0.717) is 25.3 Å². The van der Waals surface area contributed by atoms with E-state index in [0.717, 1.165) is 15.6 Å². The van der Waals surface area contributed by atoms with Crippen molar-refractivity contribution in [3.8, 4) is 5.88 Å². The van der Waals surface area contributed by atoms with Crippen molar-refractivity contribution >= 4 is 21.8 Å². The number of nitrogens with zero attached hydrogens (tertiary/aromatic N) is 2. The molecule has 150 valence electrons. The van der Waals surface area contributed by atoms with Gasteiger partial charge in [0, 0.05) is 30.9 Å². The van der Waals surface area contributed by atoms with Gasteiger partial charge in [-0.1, -0.05) is 46.8 Å². The first-order valence-electron chi connectivity index (χ1n) is 8.89. The number of fused-ring (bicyclic) bond motifs is 1. The average Bonchev–Trinajstić information content (AvgIpc) is 3.03. The van der Waals surface area contributed by atoms with Crippen LogP contribution in [-0.4, -0.2) is 29.5 Å². The van der Waals surface area contributed by atoms with E-state index < -0.39 is 5.83 Å². The van der Waals surface area contributed by atoms with E-state index in [2.05, 4.69) is 27.5 Å². The van der Waals surface area contributed by atoms with Crippen LogP contribution in [-0.2, 0) is 17.8 Å². The predicted molar refractivity (Wildman–Crippen MR) is 112 cm³/mol. The zero-order valence-electron chi connectivity index (χ0n) is 15.9. The maximum Gasteiger partial charge on any atom is 0.260 e. The topological polar surface area (TPSA) is 51.7 Å². The van der Waals surface area contributed by atoms with Gasteiger partial charge >= 0.3 is 0 Å². The fourth-order valence-electron chi connectivity index (χ4n) is 2.85. The van der Waals surface area contributed by atoms with Gasteiger partial charge in [-0.05, 0) is 35.4 Å². The van der Waals surface area contributed by atoms with Gasteiger partial charge in [0.2, 0.25) is 5.88 Å². The number of hydrogen-bond acceptors (Lipinski definition) is 4. The number of amides is 1. The molecule has 2 aromatic rings. The summed E-state index contributed by atoms with van der Waals surface area (Å²) in [6.07, 6.45) is 5.90. The number of hydrogen-bond donors (Lipinski definition) is 0. The summed E-state index contributed by atoms with van der Waals surface area (Å²) in [4.78, 5) is 18.7. The van der Waals surface area contributed by atoms with Gasteiger partial charge in [-0.25, -0.2) is 9.37 Å². The van der Waals surface area contributed by atoms with Crippen LogP contribution in [0.1, 0.15) is 21.5 Å². The summed E-state index contributed by atoms with van der Waals surface area (Å²) < 4.78 is 25.5. The Kier molecular flexibility index (Phi) is 6.95. The van der Waals surface area contributed by atoms with Crippen LogP contribution in [0.4, 0.5) is 4.39 Å². The Bertz CT molecular complexity index is 971. The zero-order valence-corrected chi connectivity index (χ0v) is 17.5. The molecule has 0 bridgehead atoms. The third kappa shape index (κ3) is 5.19. The van der Waals surface area contributed by atoms with Gasteiger partial charge in [-0.2, -0.15) is 0 Å². The van der Waals surface area contributed by atoms with Crippen molar-refractivity contribution in [1.82, 2.24) is 9.88 Å². The fraction of sp³-hybridized carbons (Fsp3) is 0.182. The molecular formula is C22H20BrFN2O3. The Morgan fingerprint density at radius 3 is 2.83 bits per heavy atom. The second kappa shape index (κ2) is 9.62. The number of rotatable bonds is 8. The summed E-state index contributed by atoms with van der Waals surface area (Å²) >= 11 is 3.40. The largest absolute Gasteiger partial charge is 0.436 e. The molecule has 0 saturated heterocycles. The second-order valence-corrected chi connectivity index (χ2v) is 7.28. The highest BCUT2D eigenvalue weighted by Crippen LogP contribution is 2.32. The molecule has 0 spiro atoms. The number of carbonyl (C=O) groups is 1. The van der Waals surface area contributed by atoms with E-state index in [4.69, 9.17) is 9.47 Å². The van der Waals surface area contributed by atoms with E-state index in [1.54, 1.807) is 24.2 Å². The highest BCUT2D eigenvalue weighted by atomic mass is 79.9. The number of halogens is 2. The number of carbonyl (C=O) groups excluding carboxylic acids is 1. The molecule has 0 fully saturated rings. The lowest BCUT2D eigenvalue weighted by Crippen LogP contribution is -2.23. The Balaban J connectivity index is 1.74. The second-order valence-electron chi connectivity index (χ2n) is 6.36. The van der Waals surface area contributed by atoms with Crippen LogP contribution in [0.15, 0.2) is 77.4 Å². The number of aromatic nitrogens is 1. The van der Waals surface area contributed by atoms with Crippen molar-refractivity contribution in [2.24, 2.45) is 0 Å². The minimum atomic E-state index is -0.658. The normalized spacial score (nSPS) is 13.8. The van der Waals surface area contributed by atoms with Crippen LogP contribution in [0.3, 0.4) is 0 Å². The lowest BCUT2D eigenvalue weighted by Gasteiger charge is -2.15. The summed E-state index contributed by atoms with van der Waals surface area (Å²) in [5.41, 5.74) is 2.13. The van der Waals surface area contributed by atoms with E-state index in [1.807, 2.05) is 24.3 Å². The summed E-state index contributed by atoms with van der Waals surface area (Å²) in [7, 11) is 1.55. The Hall–Kier alpha value is -2.77. The van der Waals surface area contributed by atoms with Crippen molar-refractivity contribution in [3.05, 3.63) is 94.1 Å². The molecule has 1 amide bonds. The average molecular weight is 459 g/mol. The zero-order chi connectivity index (χ0) is 20.8. The van der Waals surface area contributed by atoms with Gasteiger partial charge in [-0.3, -0.25) is 4.79 Å². The van der Waals surface area contributed by atoms with Crippen LogP contribution in [0, 0.1) is 0 Å². The smallest absolute Gasteiger partial charge is 0.260 e. The minimum absolute atomic E-state index is 0.0558. The van der Waals surface area contributed by atoms with Crippen molar-refractivity contribution in [2.75, 3.05) is 13.7 Å². The van der Waals surface area contributed by atoms with Gasteiger partial charge in [0.25, 0.3) is 5.91 Å². The first-order valence-corrected chi connectivity index (χ1v) is 9.69. The van der Waals surface area contributed by atoms with Crippen molar-refractivity contribution in [3.63, 3.8) is 0 Å². The third-order valence-corrected chi connectivity index (χ3v) is 4.81. The third-order valence-electron chi connectivity index (χ3n) is 4.28. The molecule has 1 aromatic heterocycles. The lowest BCUT2D eigenvalue weighted by molar-refractivity contribution is 0.0764. The maximum atomic E-state index is 14.2. The highest BCUT2D eigenvalue weighted by molar-refractivity contribution is 9.10. The molecule has 2 heterocycles. The standard InChI is InChI=1S/C22H20BrFN2O3/c1-15(19(24)5-3-4-12-28-2)29-21-20-17(10-11-25-21)14-26(22(20)27)13-16-6-8-18(23)9-7-16/h3-11H,1,12-14H2,2H3/b4-3-,19-5+. The van der Waals surface area contributed by atoms with E-state index in [1.165, 1.54) is 18.3 Å². The number of allylic oxidation sites excluding steroid dienone is 3. The van der Waals surface area contributed by atoms with Gasteiger partial charge < -0.3 is 14.4 Å². The van der Waals surface area contributed by atoms with Crippen LogP contribution < -0.4 is 4.74 Å². The highest BCUT2D eigenvalue weighted by Gasteiger charge is 2.32. The predicted octanol–water partition coefficient (Wildman–Crippen LogP) is 4.95. The molecule has 5 nitrogen and oxygen atoms in total. The van der Waals surface area contributed by atoms with Gasteiger partial charge in [0.15, 0.2) is 11.6 Å². The lowest BCUT2D eigenvalue weighted by atomic mass is 10.2. The van der Waals surface area contributed by atoms with Gasteiger partial charge in [0.05, 0.1) is 6.61 Å². The molecule has 0 aliphatic carbocycles. The van der Waals surface area contributed by atoms with Gasteiger partial charge in [-0.15, -0.1) is 0 Å². The van der Waals surface area contributed by atoms with Crippen molar-refractivity contribution in [1.29, 1.82) is 0 Å². The molecule has 0 atom stereocenters. The molecular weight excluding hydrogens is 439 g/mol. The summed E-state index contributed by atoms with van der Waals surface area (Å²) in [6, 6.07) is 9.53. The molecule has 0 saturated carbocycles. The summed E-state index contributed by atoms with van der Waals surface area (Å²) in [6.45, 7) is 4.86. The monoisotopic (exact) mass is 458 g/mol. The number of methoxy groups -OCH3 is 1. The first kappa shape index (κ1) is 21.0. The number of ether oxygens (including phenoxy) is 2. The SMILES string of the molecule is C=C(Oc1nccc2c1C(=O)N(Cc1ccc(Br)cc1)C2)/C(F)=C\C=C/COC. The van der Waals surface area contributed by atoms with E-state index in [-0.39, 0.29) is 17.5 Å². The first-order chi connectivity index (χ1) is 14.0. The van der Waals surface area contributed by atoms with Crippen molar-refractivity contribution in [2.45, 2.75) is 13.1 Å². The number of pyridine rings is 1. The van der Waals surface area contributed by atoms with E-state index in [9.17, 15) is 9.18 Å².